The van der Waals surface area contributed by atoms with E-state index in [1.54, 1.807) is 0 Å². The van der Waals surface area contributed by atoms with Gasteiger partial charge in [0.2, 0.25) is 0 Å². The van der Waals surface area contributed by atoms with Gasteiger partial charge in [-0.25, -0.2) is 0 Å². The Morgan fingerprint density at radius 3 is 1.07 bits per heavy atom. The van der Waals surface area contributed by atoms with Crippen LogP contribution in [0, 0.1) is 0 Å². The van der Waals surface area contributed by atoms with E-state index in [0.29, 0.717) is 0 Å². The van der Waals surface area contributed by atoms with E-state index in [0.717, 1.165) is 6.92 Å². The number of halogens is 12. The highest BCUT2D eigenvalue weighted by Crippen LogP contribution is 2.46. The standard InChI is InChI=1S/2C6H8F6O2/c1-3(13)2-4(14,5(7,8)9)6(10,11)12;7-5(8,9)4(14,2-1-3-13)6(10,11)12/h3,13-14H,2H2,1H3;13-14H,1-3H2. The van der Waals surface area contributed by atoms with Crippen LogP contribution in [-0.2, 0) is 0 Å². The highest BCUT2D eigenvalue weighted by atomic mass is 19.4. The lowest BCUT2D eigenvalue weighted by Gasteiger charge is -2.33. The summed E-state index contributed by atoms with van der Waals surface area (Å²) in [7, 11) is 0. The first-order valence-corrected chi connectivity index (χ1v) is 6.98. The molecule has 4 N–H and O–H groups in total. The molecule has 0 aliphatic rings. The number of alkyl halides is 12. The van der Waals surface area contributed by atoms with Gasteiger partial charge in [-0.2, -0.15) is 52.7 Å². The predicted octanol–water partition coefficient (Wildman–Crippen LogP) is 3.23. The van der Waals surface area contributed by atoms with Gasteiger partial charge in [0.15, 0.2) is 0 Å². The highest BCUT2D eigenvalue weighted by molar-refractivity contribution is 4.95. The summed E-state index contributed by atoms with van der Waals surface area (Å²) < 4.78 is 143. The lowest BCUT2D eigenvalue weighted by molar-refractivity contribution is -0.373. The Hall–Kier alpha value is -1.00. The lowest BCUT2D eigenvalue weighted by atomic mass is 9.95. The minimum atomic E-state index is -5.86. The second-order valence-electron chi connectivity index (χ2n) is 5.59. The Morgan fingerprint density at radius 2 is 0.929 bits per heavy atom. The third-order valence-corrected chi connectivity index (χ3v) is 3.16. The molecule has 0 heterocycles. The topological polar surface area (TPSA) is 80.9 Å². The minimum Gasteiger partial charge on any atom is -0.396 e. The second kappa shape index (κ2) is 9.21. The van der Waals surface area contributed by atoms with Crippen molar-refractivity contribution >= 4 is 0 Å². The summed E-state index contributed by atoms with van der Waals surface area (Å²) in [6.07, 6.45) is -29.4. The van der Waals surface area contributed by atoms with Crippen LogP contribution in [0.4, 0.5) is 52.7 Å². The van der Waals surface area contributed by atoms with Crippen molar-refractivity contribution in [3.63, 3.8) is 0 Å². The van der Waals surface area contributed by atoms with Gasteiger partial charge >= 0.3 is 24.7 Å². The zero-order valence-electron chi connectivity index (χ0n) is 13.7. The molecule has 0 fully saturated rings. The maximum absolute atomic E-state index is 11.9. The smallest absolute Gasteiger partial charge is 0.396 e. The van der Waals surface area contributed by atoms with Crippen molar-refractivity contribution in [3.8, 4) is 0 Å². The SMILES string of the molecule is CC(O)CC(O)(C(F)(F)F)C(F)(F)F.OCCCC(O)(C(F)(F)F)C(F)(F)F. The van der Waals surface area contributed by atoms with E-state index in [2.05, 4.69) is 0 Å². The van der Waals surface area contributed by atoms with E-state index in [-0.39, 0.29) is 0 Å². The number of hydrogen-bond donors (Lipinski definition) is 4. The Morgan fingerprint density at radius 1 is 0.643 bits per heavy atom. The largest absolute Gasteiger partial charge is 0.426 e. The van der Waals surface area contributed by atoms with Gasteiger partial charge in [0.05, 0.1) is 6.10 Å². The molecule has 0 aliphatic heterocycles. The molecule has 0 spiro atoms. The van der Waals surface area contributed by atoms with E-state index in [9.17, 15) is 52.7 Å². The normalized spacial score (nSPS) is 15.8. The van der Waals surface area contributed by atoms with Gasteiger partial charge in [-0.1, -0.05) is 0 Å². The van der Waals surface area contributed by atoms with Crippen molar-refractivity contribution in [3.05, 3.63) is 0 Å². The van der Waals surface area contributed by atoms with E-state index < -0.39 is 67.9 Å². The van der Waals surface area contributed by atoms with Crippen molar-refractivity contribution in [1.82, 2.24) is 0 Å². The molecule has 0 aromatic heterocycles. The van der Waals surface area contributed by atoms with Crippen molar-refractivity contribution in [1.29, 1.82) is 0 Å². The molecule has 1 atom stereocenters. The summed E-state index contributed by atoms with van der Waals surface area (Å²) >= 11 is 0. The summed E-state index contributed by atoms with van der Waals surface area (Å²) in [5, 5.41) is 33.5. The maximum atomic E-state index is 11.9. The average Bonchev–Trinajstić information content (AvgIpc) is 2.39. The third kappa shape index (κ3) is 7.11. The van der Waals surface area contributed by atoms with Gasteiger partial charge in [0.1, 0.15) is 0 Å². The fourth-order valence-electron chi connectivity index (χ4n) is 1.60. The first-order valence-electron chi connectivity index (χ1n) is 6.98. The zero-order chi connectivity index (χ0) is 23.4. The van der Waals surface area contributed by atoms with Crippen LogP contribution < -0.4 is 0 Å². The Labute approximate surface area is 149 Å². The molecule has 0 amide bonds. The molecule has 4 nitrogen and oxygen atoms in total. The van der Waals surface area contributed by atoms with Crippen molar-refractivity contribution in [2.45, 2.75) is 68.2 Å². The molecule has 0 saturated carbocycles. The van der Waals surface area contributed by atoms with Gasteiger partial charge in [-0.15, -0.1) is 0 Å². The first-order chi connectivity index (χ1) is 12.0. The van der Waals surface area contributed by atoms with Crippen molar-refractivity contribution < 1.29 is 73.1 Å². The molecule has 0 saturated heterocycles. The highest BCUT2D eigenvalue weighted by Gasteiger charge is 2.70. The molecular weight excluding hydrogens is 436 g/mol. The summed E-state index contributed by atoms with van der Waals surface area (Å²) in [6, 6.07) is 0. The quantitative estimate of drug-likeness (QED) is 0.483. The minimum absolute atomic E-state index is 0.725. The summed E-state index contributed by atoms with van der Waals surface area (Å²) in [4.78, 5) is 0. The van der Waals surface area contributed by atoms with Crippen molar-refractivity contribution in [2.24, 2.45) is 0 Å². The van der Waals surface area contributed by atoms with Crippen molar-refractivity contribution in [2.75, 3.05) is 6.61 Å². The third-order valence-electron chi connectivity index (χ3n) is 3.16. The lowest BCUT2D eigenvalue weighted by Crippen LogP contribution is -2.58. The molecule has 0 radical (unpaired) electrons. The Kier molecular flexibility index (Phi) is 9.61. The van der Waals surface area contributed by atoms with Crippen LogP contribution >= 0.6 is 0 Å². The van der Waals surface area contributed by atoms with Gasteiger partial charge in [0, 0.05) is 13.0 Å². The maximum Gasteiger partial charge on any atom is 0.426 e. The average molecular weight is 452 g/mol. The molecule has 0 rings (SSSR count). The van der Waals surface area contributed by atoms with E-state index >= 15 is 0 Å². The van der Waals surface area contributed by atoms with Crippen LogP contribution in [0.15, 0.2) is 0 Å². The number of hydrogen-bond acceptors (Lipinski definition) is 4. The second-order valence-corrected chi connectivity index (χ2v) is 5.59. The fourth-order valence-corrected chi connectivity index (χ4v) is 1.60. The molecule has 16 heteroatoms. The van der Waals surface area contributed by atoms with Crippen LogP contribution in [0.1, 0.15) is 26.2 Å². The van der Waals surface area contributed by atoms with Gasteiger partial charge in [-0.3, -0.25) is 0 Å². The summed E-state index contributed by atoms with van der Waals surface area (Å²) in [5.41, 5.74) is -9.59. The fraction of sp³-hybridized carbons (Fsp3) is 1.00. The van der Waals surface area contributed by atoms with Gasteiger partial charge < -0.3 is 20.4 Å². The molecular formula is C12H16F12O4. The van der Waals surface area contributed by atoms with E-state index in [4.69, 9.17) is 20.4 Å². The van der Waals surface area contributed by atoms with Crippen LogP contribution in [0.25, 0.3) is 0 Å². The van der Waals surface area contributed by atoms with E-state index in [1.807, 2.05) is 0 Å². The van der Waals surface area contributed by atoms with Crippen LogP contribution in [0.3, 0.4) is 0 Å². The molecule has 0 aromatic rings. The zero-order valence-corrected chi connectivity index (χ0v) is 13.7. The number of aliphatic hydroxyl groups excluding tert-OH is 2. The Balaban J connectivity index is 0. The first kappa shape index (κ1) is 29.2. The van der Waals surface area contributed by atoms with Crippen LogP contribution in [-0.4, -0.2) is 69.0 Å². The number of aliphatic hydroxyl groups is 4. The monoisotopic (exact) mass is 452 g/mol. The van der Waals surface area contributed by atoms with Crippen LogP contribution in [0.5, 0.6) is 0 Å². The van der Waals surface area contributed by atoms with Gasteiger partial charge in [-0.05, 0) is 19.8 Å². The molecule has 28 heavy (non-hydrogen) atoms. The molecule has 0 aromatic carbocycles. The summed E-state index contributed by atoms with van der Waals surface area (Å²) in [5.74, 6) is 0. The number of rotatable bonds is 5. The molecule has 172 valence electrons. The molecule has 0 bridgehead atoms. The predicted molar refractivity (Wildman–Crippen MR) is 66.7 cm³/mol. The van der Waals surface area contributed by atoms with E-state index in [1.165, 1.54) is 0 Å². The van der Waals surface area contributed by atoms with Crippen LogP contribution in [0.2, 0.25) is 0 Å². The molecule has 0 aliphatic carbocycles. The van der Waals surface area contributed by atoms with Gasteiger partial charge in [0.25, 0.3) is 11.2 Å². The molecule has 1 unspecified atom stereocenters. The Bertz CT molecular complexity index is 435. The summed E-state index contributed by atoms with van der Waals surface area (Å²) in [6.45, 7) is -0.128.